The summed E-state index contributed by atoms with van der Waals surface area (Å²) in [4.78, 5) is 35.5. The quantitative estimate of drug-likeness (QED) is 0.702. The second-order valence-electron chi connectivity index (χ2n) is 4.44. The summed E-state index contributed by atoms with van der Waals surface area (Å²) in [5.41, 5.74) is 0. The van der Waals surface area contributed by atoms with E-state index in [0.29, 0.717) is 5.75 Å². The van der Waals surface area contributed by atoms with Crippen LogP contribution in [0.4, 0.5) is 0 Å². The summed E-state index contributed by atoms with van der Waals surface area (Å²) in [5, 5.41) is 4.81. The van der Waals surface area contributed by atoms with Crippen molar-refractivity contribution in [1.29, 1.82) is 0 Å². The Balaban J connectivity index is 2.18. The Hall–Kier alpha value is -2.57. The van der Waals surface area contributed by atoms with Crippen molar-refractivity contribution in [2.75, 3.05) is 33.8 Å². The zero-order valence-electron chi connectivity index (χ0n) is 12.1. The van der Waals surface area contributed by atoms with Crippen molar-refractivity contribution in [2.24, 2.45) is 0 Å². The first-order valence-corrected chi connectivity index (χ1v) is 6.40. The van der Waals surface area contributed by atoms with Crippen molar-refractivity contribution in [3.63, 3.8) is 0 Å². The molecule has 1 aromatic rings. The Labute approximate surface area is 123 Å². The molecule has 1 rings (SSSR count). The van der Waals surface area contributed by atoms with E-state index in [1.807, 2.05) is 6.07 Å². The van der Waals surface area contributed by atoms with Crippen molar-refractivity contribution in [1.82, 2.24) is 15.5 Å². The summed E-state index contributed by atoms with van der Waals surface area (Å²) in [6.45, 7) is -0.464. The summed E-state index contributed by atoms with van der Waals surface area (Å²) in [6.07, 6.45) is 0. The molecule has 0 heterocycles. The standard InChI is InChI=1S/C14H19N3O4/c1-17(2)14(20)9-16-12(18)8-15-13(19)10-21-11-6-4-3-5-7-11/h3-7H,8-10H2,1-2H3,(H,15,19)(H,16,18). The van der Waals surface area contributed by atoms with Crippen LogP contribution in [0.3, 0.4) is 0 Å². The third kappa shape index (κ3) is 6.95. The van der Waals surface area contributed by atoms with Crippen LogP contribution in [0.2, 0.25) is 0 Å². The van der Waals surface area contributed by atoms with Crippen LogP contribution in [-0.4, -0.2) is 56.4 Å². The van der Waals surface area contributed by atoms with Crippen LogP contribution < -0.4 is 15.4 Å². The second kappa shape index (κ2) is 8.57. The zero-order chi connectivity index (χ0) is 15.7. The lowest BCUT2D eigenvalue weighted by Gasteiger charge is -2.11. The van der Waals surface area contributed by atoms with Crippen LogP contribution in [0.5, 0.6) is 5.75 Å². The highest BCUT2D eigenvalue weighted by atomic mass is 16.5. The Bertz CT molecular complexity index is 488. The molecule has 0 unspecified atom stereocenters. The SMILES string of the molecule is CN(C)C(=O)CNC(=O)CNC(=O)COc1ccccc1. The number of likely N-dealkylation sites (N-methyl/N-ethyl adjacent to an activating group) is 1. The van der Waals surface area contributed by atoms with Gasteiger partial charge in [0.25, 0.3) is 5.91 Å². The second-order valence-corrected chi connectivity index (χ2v) is 4.44. The van der Waals surface area contributed by atoms with Crippen molar-refractivity contribution in [3.05, 3.63) is 30.3 Å². The molecule has 0 radical (unpaired) electrons. The molecule has 3 amide bonds. The van der Waals surface area contributed by atoms with Gasteiger partial charge in [0.1, 0.15) is 5.75 Å². The molecule has 0 bridgehead atoms. The monoisotopic (exact) mass is 293 g/mol. The van der Waals surface area contributed by atoms with E-state index in [9.17, 15) is 14.4 Å². The highest BCUT2D eigenvalue weighted by Crippen LogP contribution is 2.07. The maximum atomic E-state index is 11.5. The molecule has 0 saturated heterocycles. The van der Waals surface area contributed by atoms with Gasteiger partial charge in [-0.25, -0.2) is 0 Å². The zero-order valence-corrected chi connectivity index (χ0v) is 12.1. The third-order valence-corrected chi connectivity index (χ3v) is 2.49. The molecule has 2 N–H and O–H groups in total. The van der Waals surface area contributed by atoms with Gasteiger partial charge in [0.05, 0.1) is 13.1 Å². The maximum absolute atomic E-state index is 11.5. The Morgan fingerprint density at radius 2 is 1.62 bits per heavy atom. The van der Waals surface area contributed by atoms with Gasteiger partial charge >= 0.3 is 0 Å². The van der Waals surface area contributed by atoms with Crippen LogP contribution in [0, 0.1) is 0 Å². The molecule has 114 valence electrons. The van der Waals surface area contributed by atoms with E-state index >= 15 is 0 Å². The largest absolute Gasteiger partial charge is 0.484 e. The molecule has 0 aliphatic heterocycles. The Morgan fingerprint density at radius 3 is 2.24 bits per heavy atom. The normalized spacial score (nSPS) is 9.62. The van der Waals surface area contributed by atoms with Gasteiger partial charge in [-0.3, -0.25) is 14.4 Å². The van der Waals surface area contributed by atoms with Gasteiger partial charge in [0, 0.05) is 14.1 Å². The van der Waals surface area contributed by atoms with Crippen LogP contribution >= 0.6 is 0 Å². The summed E-state index contributed by atoms with van der Waals surface area (Å²) >= 11 is 0. The molecule has 7 nitrogen and oxygen atoms in total. The fourth-order valence-electron chi connectivity index (χ4n) is 1.29. The van der Waals surface area contributed by atoms with E-state index < -0.39 is 11.8 Å². The number of amides is 3. The molecule has 0 saturated carbocycles. The first-order chi connectivity index (χ1) is 9.99. The number of nitrogens with zero attached hydrogens (tertiary/aromatic N) is 1. The van der Waals surface area contributed by atoms with E-state index in [1.165, 1.54) is 4.90 Å². The van der Waals surface area contributed by atoms with Gasteiger partial charge in [-0.05, 0) is 12.1 Å². The lowest BCUT2D eigenvalue weighted by atomic mass is 10.3. The van der Waals surface area contributed by atoms with Crippen LogP contribution in [-0.2, 0) is 14.4 Å². The number of rotatable bonds is 7. The van der Waals surface area contributed by atoms with E-state index in [0.717, 1.165) is 0 Å². The molecular formula is C14H19N3O4. The van der Waals surface area contributed by atoms with Crippen molar-refractivity contribution in [3.8, 4) is 5.75 Å². The Morgan fingerprint density at radius 1 is 1.00 bits per heavy atom. The van der Waals surface area contributed by atoms with Crippen LogP contribution in [0.25, 0.3) is 0 Å². The fraction of sp³-hybridized carbons (Fsp3) is 0.357. The minimum atomic E-state index is -0.432. The highest BCUT2D eigenvalue weighted by molar-refractivity contribution is 5.88. The topological polar surface area (TPSA) is 87.7 Å². The van der Waals surface area contributed by atoms with Gasteiger partial charge in [0.15, 0.2) is 6.61 Å². The molecule has 1 aromatic carbocycles. The minimum absolute atomic E-state index is 0.0950. The number of para-hydroxylation sites is 1. The molecule has 21 heavy (non-hydrogen) atoms. The van der Waals surface area contributed by atoms with Crippen molar-refractivity contribution >= 4 is 17.7 Å². The molecular weight excluding hydrogens is 274 g/mol. The van der Waals surface area contributed by atoms with E-state index in [2.05, 4.69) is 10.6 Å². The number of nitrogens with one attached hydrogen (secondary N) is 2. The van der Waals surface area contributed by atoms with Crippen LogP contribution in [0.1, 0.15) is 0 Å². The average molecular weight is 293 g/mol. The van der Waals surface area contributed by atoms with Crippen molar-refractivity contribution < 1.29 is 19.1 Å². The van der Waals surface area contributed by atoms with Gasteiger partial charge in [-0.15, -0.1) is 0 Å². The average Bonchev–Trinajstić information content (AvgIpc) is 2.49. The number of hydrogen-bond acceptors (Lipinski definition) is 4. The number of ether oxygens (including phenoxy) is 1. The molecule has 0 spiro atoms. The van der Waals surface area contributed by atoms with Gasteiger partial charge in [0.2, 0.25) is 11.8 Å². The predicted molar refractivity (Wildman–Crippen MR) is 76.7 cm³/mol. The Kier molecular flexibility index (Phi) is 6.73. The number of hydrogen-bond donors (Lipinski definition) is 2. The predicted octanol–water partition coefficient (Wildman–Crippen LogP) is -0.614. The first kappa shape index (κ1) is 16.5. The molecule has 0 atom stereocenters. The maximum Gasteiger partial charge on any atom is 0.258 e. The summed E-state index contributed by atoms with van der Waals surface area (Å²) in [6, 6.07) is 8.89. The lowest BCUT2D eigenvalue weighted by Crippen LogP contribution is -2.42. The van der Waals surface area contributed by atoms with E-state index in [4.69, 9.17) is 4.74 Å². The van der Waals surface area contributed by atoms with Crippen LogP contribution in [0.15, 0.2) is 30.3 Å². The lowest BCUT2D eigenvalue weighted by molar-refractivity contribution is -0.131. The first-order valence-electron chi connectivity index (χ1n) is 6.40. The van der Waals surface area contributed by atoms with Gasteiger partial charge in [-0.1, -0.05) is 18.2 Å². The number of carbonyl (C=O) groups excluding carboxylic acids is 3. The molecule has 7 heteroatoms. The number of carbonyl (C=O) groups is 3. The minimum Gasteiger partial charge on any atom is -0.484 e. The van der Waals surface area contributed by atoms with E-state index in [-0.39, 0.29) is 25.6 Å². The summed E-state index contributed by atoms with van der Waals surface area (Å²) in [5.74, 6) is -0.484. The summed E-state index contributed by atoms with van der Waals surface area (Å²) < 4.78 is 5.23. The molecule has 0 aliphatic carbocycles. The molecule has 0 fully saturated rings. The van der Waals surface area contributed by atoms with Crippen molar-refractivity contribution in [2.45, 2.75) is 0 Å². The van der Waals surface area contributed by atoms with Gasteiger partial charge < -0.3 is 20.3 Å². The smallest absolute Gasteiger partial charge is 0.258 e. The fourth-order valence-corrected chi connectivity index (χ4v) is 1.29. The third-order valence-electron chi connectivity index (χ3n) is 2.49. The number of benzene rings is 1. The highest BCUT2D eigenvalue weighted by Gasteiger charge is 2.09. The summed E-state index contributed by atoms with van der Waals surface area (Å²) in [7, 11) is 3.19. The van der Waals surface area contributed by atoms with Gasteiger partial charge in [-0.2, -0.15) is 0 Å². The van der Waals surface area contributed by atoms with E-state index in [1.54, 1.807) is 38.4 Å². The molecule has 0 aliphatic rings. The molecule has 0 aromatic heterocycles.